The van der Waals surface area contributed by atoms with E-state index >= 15 is 0 Å². The summed E-state index contributed by atoms with van der Waals surface area (Å²) < 4.78 is 0. The fourth-order valence-electron chi connectivity index (χ4n) is 4.39. The summed E-state index contributed by atoms with van der Waals surface area (Å²) in [5.74, 6) is 2.82. The van der Waals surface area contributed by atoms with Crippen LogP contribution in [0.2, 0.25) is 0 Å². The second-order valence-corrected chi connectivity index (χ2v) is 6.90. The van der Waals surface area contributed by atoms with Gasteiger partial charge in [-0.15, -0.1) is 0 Å². The van der Waals surface area contributed by atoms with Crippen LogP contribution in [0.3, 0.4) is 0 Å². The molecule has 110 valence electrons. The third-order valence-electron chi connectivity index (χ3n) is 5.40. The van der Waals surface area contributed by atoms with Gasteiger partial charge in [-0.25, -0.2) is 0 Å². The van der Waals surface area contributed by atoms with E-state index in [-0.39, 0.29) is 0 Å². The topological polar surface area (TPSA) is 50.9 Å². The van der Waals surface area contributed by atoms with E-state index in [4.69, 9.17) is 5.73 Å². The Bertz CT molecular complexity index is 679. The van der Waals surface area contributed by atoms with Crippen molar-refractivity contribution in [2.45, 2.75) is 32.6 Å². The van der Waals surface area contributed by atoms with Crippen LogP contribution < -0.4 is 11.1 Å². The summed E-state index contributed by atoms with van der Waals surface area (Å²) in [5, 5.41) is 4.83. The molecule has 0 radical (unpaired) electrons. The van der Waals surface area contributed by atoms with Gasteiger partial charge in [0.05, 0.1) is 5.52 Å². The molecular weight excluding hydrogens is 258 g/mol. The van der Waals surface area contributed by atoms with Gasteiger partial charge in [-0.1, -0.05) is 6.42 Å². The van der Waals surface area contributed by atoms with Crippen molar-refractivity contribution in [3.8, 4) is 0 Å². The number of nitrogens with one attached hydrogen (secondary N) is 1. The van der Waals surface area contributed by atoms with Gasteiger partial charge in [0.1, 0.15) is 0 Å². The van der Waals surface area contributed by atoms with Gasteiger partial charge in [0.25, 0.3) is 0 Å². The maximum Gasteiger partial charge on any atom is 0.0727 e. The average molecular weight is 281 g/mol. The van der Waals surface area contributed by atoms with E-state index in [9.17, 15) is 0 Å². The smallest absolute Gasteiger partial charge is 0.0727 e. The van der Waals surface area contributed by atoms with Crippen LogP contribution >= 0.6 is 0 Å². The lowest BCUT2D eigenvalue weighted by atomic mass is 9.89. The lowest BCUT2D eigenvalue weighted by Gasteiger charge is -2.23. The predicted octanol–water partition coefficient (Wildman–Crippen LogP) is 3.97. The third kappa shape index (κ3) is 2.35. The van der Waals surface area contributed by atoms with Crippen LogP contribution in [-0.2, 0) is 0 Å². The number of aryl methyl sites for hydroxylation is 1. The third-order valence-corrected chi connectivity index (χ3v) is 5.40. The van der Waals surface area contributed by atoms with E-state index in [0.717, 1.165) is 46.6 Å². The minimum absolute atomic E-state index is 0.802. The Kier molecular flexibility index (Phi) is 3.02. The van der Waals surface area contributed by atoms with Crippen LogP contribution in [0.25, 0.3) is 10.9 Å². The van der Waals surface area contributed by atoms with E-state index in [2.05, 4.69) is 23.3 Å². The van der Waals surface area contributed by atoms with Crippen molar-refractivity contribution in [1.82, 2.24) is 4.98 Å². The molecule has 3 atom stereocenters. The Morgan fingerprint density at radius 1 is 1.24 bits per heavy atom. The Balaban J connectivity index is 1.59. The molecular formula is C18H23N3. The van der Waals surface area contributed by atoms with Crippen LogP contribution in [0.15, 0.2) is 24.3 Å². The molecule has 3 N–H and O–H groups in total. The first-order chi connectivity index (χ1) is 10.2. The molecule has 1 aromatic carbocycles. The quantitative estimate of drug-likeness (QED) is 0.837. The molecule has 2 aromatic rings. The predicted molar refractivity (Wildman–Crippen MR) is 88.3 cm³/mol. The monoisotopic (exact) mass is 281 g/mol. The first-order valence-electron chi connectivity index (χ1n) is 8.10. The summed E-state index contributed by atoms with van der Waals surface area (Å²) in [6.45, 7) is 3.15. The number of benzene rings is 1. The Labute approximate surface area is 125 Å². The fraction of sp³-hybridized carbons (Fsp3) is 0.500. The zero-order valence-electron chi connectivity index (χ0n) is 12.6. The number of anilines is 2. The minimum atomic E-state index is 0.802. The summed E-state index contributed by atoms with van der Waals surface area (Å²) in [4.78, 5) is 4.60. The van der Waals surface area contributed by atoms with E-state index < -0.39 is 0 Å². The van der Waals surface area contributed by atoms with Gasteiger partial charge >= 0.3 is 0 Å². The number of nitrogens with two attached hydrogens (primary N) is 1. The maximum absolute atomic E-state index is 5.94. The molecule has 0 spiro atoms. The fourth-order valence-corrected chi connectivity index (χ4v) is 4.39. The summed E-state index contributed by atoms with van der Waals surface area (Å²) in [6, 6.07) is 8.12. The highest BCUT2D eigenvalue weighted by molar-refractivity contribution is 5.93. The summed E-state index contributed by atoms with van der Waals surface area (Å²) in [5.41, 5.74) is 10.0. The van der Waals surface area contributed by atoms with Crippen molar-refractivity contribution in [3.63, 3.8) is 0 Å². The molecule has 3 nitrogen and oxygen atoms in total. The van der Waals surface area contributed by atoms with Crippen LogP contribution in [0.4, 0.5) is 11.4 Å². The van der Waals surface area contributed by atoms with Crippen LogP contribution in [0, 0.1) is 24.7 Å². The van der Waals surface area contributed by atoms with Crippen molar-refractivity contribution in [3.05, 3.63) is 30.0 Å². The number of fused-ring (bicyclic) bond motifs is 3. The van der Waals surface area contributed by atoms with Crippen molar-refractivity contribution in [2.24, 2.45) is 17.8 Å². The van der Waals surface area contributed by atoms with E-state index in [1.165, 1.54) is 31.4 Å². The lowest BCUT2D eigenvalue weighted by molar-refractivity contribution is 0.348. The number of pyridine rings is 1. The molecule has 0 amide bonds. The highest BCUT2D eigenvalue weighted by Crippen LogP contribution is 2.48. The van der Waals surface area contributed by atoms with Crippen molar-refractivity contribution < 1.29 is 0 Å². The SMILES string of the molecule is Cc1cc(NCC2CC3CCC2C3)c2cc(N)ccc2n1. The number of hydrogen-bond acceptors (Lipinski definition) is 3. The first-order valence-corrected chi connectivity index (χ1v) is 8.10. The van der Waals surface area contributed by atoms with E-state index in [1.807, 2.05) is 18.2 Å². The van der Waals surface area contributed by atoms with Gasteiger partial charge < -0.3 is 11.1 Å². The standard InChI is InChI=1S/C18H23N3/c1-11-6-18(16-9-15(19)4-5-17(16)21-11)20-10-14-8-12-2-3-13(14)7-12/h4-6,9,12-14H,2-3,7-8,10,19H2,1H3,(H,20,21). The molecule has 2 bridgehead atoms. The van der Waals surface area contributed by atoms with Crippen LogP contribution in [-0.4, -0.2) is 11.5 Å². The molecule has 0 aliphatic heterocycles. The minimum Gasteiger partial charge on any atom is -0.399 e. The molecule has 1 aromatic heterocycles. The zero-order chi connectivity index (χ0) is 14.4. The van der Waals surface area contributed by atoms with Crippen molar-refractivity contribution >= 4 is 22.3 Å². The second kappa shape index (κ2) is 4.90. The van der Waals surface area contributed by atoms with Crippen LogP contribution in [0.1, 0.15) is 31.4 Å². The largest absolute Gasteiger partial charge is 0.399 e. The molecule has 2 aliphatic carbocycles. The van der Waals surface area contributed by atoms with Gasteiger partial charge in [0, 0.05) is 29.0 Å². The Morgan fingerprint density at radius 2 is 2.14 bits per heavy atom. The van der Waals surface area contributed by atoms with E-state index in [1.54, 1.807) is 0 Å². The first kappa shape index (κ1) is 12.9. The van der Waals surface area contributed by atoms with Gasteiger partial charge in [-0.3, -0.25) is 4.98 Å². The Morgan fingerprint density at radius 3 is 2.90 bits per heavy atom. The average Bonchev–Trinajstić information content (AvgIpc) is 3.08. The highest BCUT2D eigenvalue weighted by atomic mass is 14.9. The molecule has 3 unspecified atom stereocenters. The molecule has 2 aliphatic rings. The van der Waals surface area contributed by atoms with E-state index in [0.29, 0.717) is 0 Å². The molecule has 2 saturated carbocycles. The van der Waals surface area contributed by atoms with Gasteiger partial charge in [-0.2, -0.15) is 0 Å². The van der Waals surface area contributed by atoms with Gasteiger partial charge in [0.2, 0.25) is 0 Å². The molecule has 4 rings (SSSR count). The second-order valence-electron chi connectivity index (χ2n) is 6.90. The molecule has 3 heteroatoms. The number of nitrogens with zero attached hydrogens (tertiary/aromatic N) is 1. The van der Waals surface area contributed by atoms with Crippen LogP contribution in [0.5, 0.6) is 0 Å². The highest BCUT2D eigenvalue weighted by Gasteiger charge is 2.39. The van der Waals surface area contributed by atoms with Gasteiger partial charge in [-0.05, 0) is 68.2 Å². The summed E-state index contributed by atoms with van der Waals surface area (Å²) in [6.07, 6.45) is 5.80. The molecule has 1 heterocycles. The molecule has 2 fully saturated rings. The number of nitrogen functional groups attached to an aromatic ring is 1. The summed E-state index contributed by atoms with van der Waals surface area (Å²) in [7, 11) is 0. The van der Waals surface area contributed by atoms with Gasteiger partial charge in [0.15, 0.2) is 0 Å². The number of aromatic nitrogens is 1. The number of rotatable bonds is 3. The van der Waals surface area contributed by atoms with Crippen molar-refractivity contribution in [1.29, 1.82) is 0 Å². The lowest BCUT2D eigenvalue weighted by Crippen LogP contribution is -2.20. The van der Waals surface area contributed by atoms with Crippen molar-refractivity contribution in [2.75, 3.05) is 17.6 Å². The maximum atomic E-state index is 5.94. The molecule has 21 heavy (non-hydrogen) atoms. The number of hydrogen-bond donors (Lipinski definition) is 2. The Hall–Kier alpha value is -1.77. The normalized spacial score (nSPS) is 27.4. The molecule has 0 saturated heterocycles. The zero-order valence-corrected chi connectivity index (χ0v) is 12.6. The summed E-state index contributed by atoms with van der Waals surface area (Å²) >= 11 is 0.